The van der Waals surface area contributed by atoms with E-state index in [-0.39, 0.29) is 16.7 Å². The van der Waals surface area contributed by atoms with E-state index >= 15 is 0 Å². The van der Waals surface area contributed by atoms with Gasteiger partial charge in [0.05, 0.1) is 6.61 Å². The van der Waals surface area contributed by atoms with Gasteiger partial charge < -0.3 is 10.1 Å². The highest BCUT2D eigenvalue weighted by Gasteiger charge is 2.78. The van der Waals surface area contributed by atoms with Gasteiger partial charge in [0.25, 0.3) is 5.91 Å². The molecule has 0 radical (unpaired) electrons. The first kappa shape index (κ1) is 13.6. The zero-order chi connectivity index (χ0) is 14.9. The van der Waals surface area contributed by atoms with E-state index < -0.39 is 5.60 Å². The van der Waals surface area contributed by atoms with Crippen molar-refractivity contribution in [2.75, 3.05) is 11.9 Å². The molecule has 3 nitrogen and oxygen atoms in total. The van der Waals surface area contributed by atoms with E-state index in [0.29, 0.717) is 17.5 Å². The summed E-state index contributed by atoms with van der Waals surface area (Å²) in [6.45, 7) is 5.26. The minimum atomic E-state index is -0.649. The van der Waals surface area contributed by atoms with Gasteiger partial charge in [-0.3, -0.25) is 4.79 Å². The molecular formula is C17H20ClNO2. The van der Waals surface area contributed by atoms with Gasteiger partial charge in [-0.05, 0) is 49.4 Å². The van der Waals surface area contributed by atoms with Gasteiger partial charge in [-0.2, -0.15) is 0 Å². The van der Waals surface area contributed by atoms with E-state index in [9.17, 15) is 4.79 Å². The molecule has 3 aliphatic rings. The van der Waals surface area contributed by atoms with Crippen LogP contribution in [0.2, 0.25) is 5.02 Å². The lowest BCUT2D eigenvalue weighted by Gasteiger charge is -2.39. The molecule has 4 rings (SSSR count). The molecule has 4 bridgehead atoms. The maximum Gasteiger partial charge on any atom is 0.257 e. The van der Waals surface area contributed by atoms with Gasteiger partial charge in [-0.25, -0.2) is 0 Å². The molecule has 1 saturated heterocycles. The van der Waals surface area contributed by atoms with Crippen molar-refractivity contribution in [3.8, 4) is 0 Å². The number of benzene rings is 1. The van der Waals surface area contributed by atoms with Crippen LogP contribution in [0.15, 0.2) is 24.3 Å². The van der Waals surface area contributed by atoms with Crippen LogP contribution in [0.4, 0.5) is 5.69 Å². The van der Waals surface area contributed by atoms with Gasteiger partial charge in [0, 0.05) is 21.5 Å². The molecule has 1 aliphatic heterocycles. The van der Waals surface area contributed by atoms with Gasteiger partial charge in [0.1, 0.15) is 0 Å². The molecule has 112 valence electrons. The molecule has 1 aromatic rings. The van der Waals surface area contributed by atoms with Crippen molar-refractivity contribution in [1.29, 1.82) is 0 Å². The lowest BCUT2D eigenvalue weighted by molar-refractivity contribution is -0.149. The lowest BCUT2D eigenvalue weighted by Crippen LogP contribution is -2.52. The smallest absolute Gasteiger partial charge is 0.257 e. The van der Waals surface area contributed by atoms with Gasteiger partial charge in [-0.1, -0.05) is 25.4 Å². The normalized spacial score (nSPS) is 43.3. The van der Waals surface area contributed by atoms with Crippen molar-refractivity contribution in [3.63, 3.8) is 0 Å². The first-order valence-corrected chi connectivity index (χ1v) is 8.00. The van der Waals surface area contributed by atoms with Crippen molar-refractivity contribution >= 4 is 23.2 Å². The number of rotatable bonds is 2. The summed E-state index contributed by atoms with van der Waals surface area (Å²) in [5.41, 5.74) is 0.248. The Balaban J connectivity index is 1.65. The molecule has 1 amide bonds. The number of ether oxygens (including phenoxy) is 1. The van der Waals surface area contributed by atoms with Crippen LogP contribution in [-0.4, -0.2) is 18.1 Å². The van der Waals surface area contributed by atoms with E-state index in [0.717, 1.165) is 18.5 Å². The Hall–Kier alpha value is -1.06. The van der Waals surface area contributed by atoms with Crippen molar-refractivity contribution in [3.05, 3.63) is 29.3 Å². The summed E-state index contributed by atoms with van der Waals surface area (Å²) in [6, 6.07) is 7.25. The Morgan fingerprint density at radius 1 is 1.33 bits per heavy atom. The Labute approximate surface area is 130 Å². The zero-order valence-corrected chi connectivity index (χ0v) is 13.2. The van der Waals surface area contributed by atoms with Crippen LogP contribution in [0, 0.1) is 16.7 Å². The van der Waals surface area contributed by atoms with Crippen molar-refractivity contribution in [2.45, 2.75) is 38.7 Å². The summed E-state index contributed by atoms with van der Waals surface area (Å²) < 4.78 is 6.10. The van der Waals surface area contributed by atoms with Gasteiger partial charge in [0.15, 0.2) is 5.60 Å². The minimum absolute atomic E-state index is 0.0123. The molecule has 1 N–H and O–H groups in total. The summed E-state index contributed by atoms with van der Waals surface area (Å²) >= 11 is 5.89. The van der Waals surface area contributed by atoms with Crippen LogP contribution >= 0.6 is 11.6 Å². The number of carbonyl (C=O) groups excluding carboxylic acids is 1. The highest BCUT2D eigenvalue weighted by Crippen LogP contribution is 2.75. The predicted octanol–water partition coefficient (Wildman–Crippen LogP) is 3.87. The monoisotopic (exact) mass is 305 g/mol. The molecule has 2 aliphatic carbocycles. The maximum absolute atomic E-state index is 12.9. The van der Waals surface area contributed by atoms with Crippen molar-refractivity contribution < 1.29 is 9.53 Å². The topological polar surface area (TPSA) is 38.3 Å². The van der Waals surface area contributed by atoms with Crippen molar-refractivity contribution in [2.24, 2.45) is 16.7 Å². The zero-order valence-electron chi connectivity index (χ0n) is 12.4. The summed E-state index contributed by atoms with van der Waals surface area (Å²) in [4.78, 5) is 12.9. The number of carbonyl (C=O) groups is 1. The first-order valence-electron chi connectivity index (χ1n) is 7.62. The number of halogens is 1. The number of anilines is 1. The van der Waals surface area contributed by atoms with E-state index in [2.05, 4.69) is 19.2 Å². The molecule has 0 aromatic heterocycles. The fourth-order valence-corrected chi connectivity index (χ4v) is 5.15. The molecule has 1 aromatic carbocycles. The first-order chi connectivity index (χ1) is 9.91. The Bertz CT molecular complexity index is 616. The third-order valence-corrected chi connectivity index (χ3v) is 6.92. The largest absolute Gasteiger partial charge is 0.364 e. The second-order valence-electron chi connectivity index (χ2n) is 7.27. The van der Waals surface area contributed by atoms with Crippen LogP contribution in [-0.2, 0) is 9.53 Å². The minimum Gasteiger partial charge on any atom is -0.364 e. The molecule has 4 atom stereocenters. The highest BCUT2D eigenvalue weighted by atomic mass is 35.5. The Morgan fingerprint density at radius 2 is 2.05 bits per heavy atom. The molecule has 4 heteroatoms. The third kappa shape index (κ3) is 1.46. The number of hydrogen-bond acceptors (Lipinski definition) is 2. The molecule has 2 saturated carbocycles. The second kappa shape index (κ2) is 4.02. The van der Waals surface area contributed by atoms with E-state index in [1.54, 1.807) is 12.1 Å². The predicted molar refractivity (Wildman–Crippen MR) is 82.3 cm³/mol. The van der Waals surface area contributed by atoms with Gasteiger partial charge in [0.2, 0.25) is 0 Å². The van der Waals surface area contributed by atoms with E-state index in [1.807, 2.05) is 12.1 Å². The third-order valence-electron chi connectivity index (χ3n) is 6.67. The highest BCUT2D eigenvalue weighted by molar-refractivity contribution is 6.30. The number of hydrogen-bond donors (Lipinski definition) is 1. The van der Waals surface area contributed by atoms with Crippen molar-refractivity contribution in [1.82, 2.24) is 0 Å². The average Bonchev–Trinajstić information content (AvgIpc) is 2.93. The van der Waals surface area contributed by atoms with Crippen LogP contribution < -0.4 is 5.32 Å². The summed E-state index contributed by atoms with van der Waals surface area (Å²) in [5, 5.41) is 3.70. The lowest BCUT2D eigenvalue weighted by atomic mass is 9.66. The standard InChI is InChI=1S/C17H20ClNO2/c1-15-10-21-17(9-11(15)7-8-16(15,17)2)14(20)19-13-5-3-12(18)4-6-13/h3-6,11H,7-10H2,1-2H3,(H,19,20)/t11-,15-,16+,17-/m1/s1. The SMILES string of the molecule is C[C@@]12CC[C@@H]3C[C@]1(C(=O)Nc1ccc(Cl)cc1)OC[C@]32C. The molecule has 0 spiro atoms. The number of nitrogens with one attached hydrogen (secondary N) is 1. The molecule has 1 heterocycles. The average molecular weight is 306 g/mol. The Morgan fingerprint density at radius 3 is 2.67 bits per heavy atom. The fraction of sp³-hybridized carbons (Fsp3) is 0.588. The molecule has 21 heavy (non-hydrogen) atoms. The van der Waals surface area contributed by atoms with Crippen LogP contribution in [0.25, 0.3) is 0 Å². The Kier molecular flexibility index (Phi) is 2.60. The summed E-state index contributed by atoms with van der Waals surface area (Å²) in [6.07, 6.45) is 3.17. The van der Waals surface area contributed by atoms with Gasteiger partial charge >= 0.3 is 0 Å². The maximum atomic E-state index is 12.9. The van der Waals surface area contributed by atoms with E-state index in [1.165, 1.54) is 6.42 Å². The van der Waals surface area contributed by atoms with Gasteiger partial charge in [-0.15, -0.1) is 0 Å². The fourth-order valence-electron chi connectivity index (χ4n) is 5.02. The molecule has 3 fully saturated rings. The van der Waals surface area contributed by atoms with Crippen LogP contribution in [0.3, 0.4) is 0 Å². The van der Waals surface area contributed by atoms with Crippen LogP contribution in [0.1, 0.15) is 33.1 Å². The second-order valence-corrected chi connectivity index (χ2v) is 7.70. The summed E-state index contributed by atoms with van der Waals surface area (Å²) in [5.74, 6) is 0.630. The number of amides is 1. The van der Waals surface area contributed by atoms with E-state index in [4.69, 9.17) is 16.3 Å². The quantitative estimate of drug-likeness (QED) is 0.900. The van der Waals surface area contributed by atoms with Crippen LogP contribution in [0.5, 0.6) is 0 Å². The summed E-state index contributed by atoms with van der Waals surface area (Å²) in [7, 11) is 0. The molecule has 0 unspecified atom stereocenters. The molecular weight excluding hydrogens is 286 g/mol.